The third kappa shape index (κ3) is 2.79. The highest BCUT2D eigenvalue weighted by Gasteiger charge is 2.42. The van der Waals surface area contributed by atoms with Gasteiger partial charge >= 0.3 is 5.97 Å². The predicted molar refractivity (Wildman–Crippen MR) is 89.2 cm³/mol. The molecule has 0 spiro atoms. The summed E-state index contributed by atoms with van der Waals surface area (Å²) in [7, 11) is 0. The van der Waals surface area contributed by atoms with Gasteiger partial charge in [0.25, 0.3) is 0 Å². The van der Waals surface area contributed by atoms with Crippen molar-refractivity contribution in [2.24, 2.45) is 0 Å². The summed E-state index contributed by atoms with van der Waals surface area (Å²) in [5, 5.41) is 13.2. The van der Waals surface area contributed by atoms with Gasteiger partial charge in [-0.25, -0.2) is 9.78 Å². The number of aromatic nitrogens is 1. The molecule has 0 atom stereocenters. The number of nitrogens with zero attached hydrogens (tertiary/aromatic N) is 1. The number of carbonyl (C=O) groups is 1. The standard InChI is InChI=1S/C19H16N2O2/c22-18(23)19(15-9-3-1-4-10-15,16-11-5-2-6-12-16)21-17-13-7-8-14-20-17/h1-14H,(H,20,21)(H,22,23). The third-order valence-corrected chi connectivity index (χ3v) is 3.71. The fraction of sp³-hybridized carbons (Fsp3) is 0.0526. The molecule has 114 valence electrons. The van der Waals surface area contributed by atoms with Crippen LogP contribution in [0.2, 0.25) is 0 Å². The van der Waals surface area contributed by atoms with Crippen LogP contribution in [0.1, 0.15) is 11.1 Å². The van der Waals surface area contributed by atoms with E-state index in [1.54, 1.807) is 42.6 Å². The van der Waals surface area contributed by atoms with E-state index in [1.807, 2.05) is 42.5 Å². The van der Waals surface area contributed by atoms with Crippen LogP contribution in [0.25, 0.3) is 0 Å². The average molecular weight is 304 g/mol. The molecule has 0 bridgehead atoms. The van der Waals surface area contributed by atoms with Crippen LogP contribution in [-0.4, -0.2) is 16.1 Å². The summed E-state index contributed by atoms with van der Waals surface area (Å²) in [6, 6.07) is 23.6. The molecular weight excluding hydrogens is 288 g/mol. The molecule has 3 rings (SSSR count). The molecule has 2 aromatic carbocycles. The minimum atomic E-state index is -1.41. The Morgan fingerprint density at radius 2 is 1.35 bits per heavy atom. The van der Waals surface area contributed by atoms with E-state index in [1.165, 1.54) is 0 Å². The van der Waals surface area contributed by atoms with Crippen LogP contribution in [-0.2, 0) is 10.3 Å². The number of rotatable bonds is 5. The summed E-state index contributed by atoms with van der Waals surface area (Å²) in [4.78, 5) is 16.6. The first-order chi connectivity index (χ1) is 11.2. The zero-order valence-electron chi connectivity index (χ0n) is 12.4. The van der Waals surface area contributed by atoms with Gasteiger partial charge in [-0.1, -0.05) is 66.7 Å². The van der Waals surface area contributed by atoms with Crippen LogP contribution in [0.15, 0.2) is 85.1 Å². The van der Waals surface area contributed by atoms with Crippen molar-refractivity contribution in [2.45, 2.75) is 5.54 Å². The summed E-state index contributed by atoms with van der Waals surface area (Å²) in [6.45, 7) is 0. The second kappa shape index (κ2) is 6.32. The SMILES string of the molecule is O=C(O)C(Nc1ccccn1)(c1ccccc1)c1ccccc1. The second-order valence-electron chi connectivity index (χ2n) is 5.13. The van der Waals surface area contributed by atoms with E-state index < -0.39 is 11.5 Å². The average Bonchev–Trinajstić information content (AvgIpc) is 2.62. The molecular formula is C19H16N2O2. The quantitative estimate of drug-likeness (QED) is 0.757. The summed E-state index contributed by atoms with van der Waals surface area (Å²) in [6.07, 6.45) is 1.63. The Bertz CT molecular complexity index is 735. The Morgan fingerprint density at radius 1 is 0.826 bits per heavy atom. The molecule has 0 fully saturated rings. The van der Waals surface area contributed by atoms with Gasteiger partial charge < -0.3 is 10.4 Å². The summed E-state index contributed by atoms with van der Waals surface area (Å²) in [5.41, 5.74) is -0.120. The lowest BCUT2D eigenvalue weighted by molar-refractivity contribution is -0.141. The van der Waals surface area contributed by atoms with Gasteiger partial charge in [0, 0.05) is 6.20 Å². The van der Waals surface area contributed by atoms with Gasteiger partial charge in [-0.05, 0) is 23.3 Å². The second-order valence-corrected chi connectivity index (χ2v) is 5.13. The van der Waals surface area contributed by atoms with Crippen LogP contribution in [0.3, 0.4) is 0 Å². The van der Waals surface area contributed by atoms with E-state index in [4.69, 9.17) is 0 Å². The topological polar surface area (TPSA) is 62.2 Å². The van der Waals surface area contributed by atoms with Crippen molar-refractivity contribution in [3.05, 3.63) is 96.2 Å². The number of carboxylic acid groups (broad SMARTS) is 1. The van der Waals surface area contributed by atoms with E-state index >= 15 is 0 Å². The van der Waals surface area contributed by atoms with Gasteiger partial charge in [-0.15, -0.1) is 0 Å². The summed E-state index contributed by atoms with van der Waals surface area (Å²) in [5.74, 6) is -0.483. The smallest absolute Gasteiger partial charge is 0.338 e. The molecule has 0 unspecified atom stereocenters. The molecule has 1 aromatic heterocycles. The maximum Gasteiger partial charge on any atom is 0.338 e. The van der Waals surface area contributed by atoms with Crippen molar-refractivity contribution in [2.75, 3.05) is 5.32 Å². The molecule has 0 aliphatic heterocycles. The third-order valence-electron chi connectivity index (χ3n) is 3.71. The van der Waals surface area contributed by atoms with Crippen molar-refractivity contribution in [1.29, 1.82) is 0 Å². The number of anilines is 1. The molecule has 0 saturated carbocycles. The largest absolute Gasteiger partial charge is 0.479 e. The van der Waals surface area contributed by atoms with Crippen molar-refractivity contribution in [3.63, 3.8) is 0 Å². The molecule has 1 heterocycles. The van der Waals surface area contributed by atoms with Gasteiger partial charge in [0.1, 0.15) is 5.82 Å². The first-order valence-corrected chi connectivity index (χ1v) is 7.27. The van der Waals surface area contributed by atoms with Gasteiger partial charge in [-0.3, -0.25) is 0 Å². The molecule has 0 aliphatic rings. The van der Waals surface area contributed by atoms with Crippen LogP contribution in [0.5, 0.6) is 0 Å². The molecule has 23 heavy (non-hydrogen) atoms. The van der Waals surface area contributed by atoms with E-state index in [0.717, 1.165) is 0 Å². The Labute approximate surface area is 134 Å². The van der Waals surface area contributed by atoms with E-state index in [0.29, 0.717) is 16.9 Å². The van der Waals surface area contributed by atoms with E-state index in [2.05, 4.69) is 10.3 Å². The van der Waals surface area contributed by atoms with E-state index in [-0.39, 0.29) is 0 Å². The lowest BCUT2D eigenvalue weighted by Crippen LogP contribution is -2.44. The molecule has 0 amide bonds. The molecule has 4 heteroatoms. The van der Waals surface area contributed by atoms with Crippen molar-refractivity contribution in [3.8, 4) is 0 Å². The van der Waals surface area contributed by atoms with E-state index in [9.17, 15) is 9.90 Å². The van der Waals surface area contributed by atoms with Crippen LogP contribution in [0, 0.1) is 0 Å². The number of carboxylic acids is 1. The summed E-state index contributed by atoms with van der Waals surface area (Å²) < 4.78 is 0. The highest BCUT2D eigenvalue weighted by Crippen LogP contribution is 2.33. The Morgan fingerprint density at radius 3 is 1.78 bits per heavy atom. The van der Waals surface area contributed by atoms with Gasteiger partial charge in [0.15, 0.2) is 5.54 Å². The monoisotopic (exact) mass is 304 g/mol. The zero-order valence-corrected chi connectivity index (χ0v) is 12.4. The lowest BCUT2D eigenvalue weighted by atomic mass is 9.82. The zero-order chi connectivity index (χ0) is 16.1. The molecule has 0 radical (unpaired) electrons. The molecule has 0 saturated heterocycles. The molecule has 4 nitrogen and oxygen atoms in total. The number of hydrogen-bond acceptors (Lipinski definition) is 3. The predicted octanol–water partition coefficient (Wildman–Crippen LogP) is 3.52. The Balaban J connectivity index is 2.21. The first kappa shape index (κ1) is 14.8. The van der Waals surface area contributed by atoms with Gasteiger partial charge in [0.05, 0.1) is 0 Å². The van der Waals surface area contributed by atoms with Crippen LogP contribution < -0.4 is 5.32 Å². The number of nitrogens with one attached hydrogen (secondary N) is 1. The number of benzene rings is 2. The van der Waals surface area contributed by atoms with Gasteiger partial charge in [0.2, 0.25) is 0 Å². The highest BCUT2D eigenvalue weighted by molar-refractivity contribution is 5.89. The molecule has 2 N–H and O–H groups in total. The van der Waals surface area contributed by atoms with Gasteiger partial charge in [-0.2, -0.15) is 0 Å². The number of hydrogen-bond donors (Lipinski definition) is 2. The molecule has 3 aromatic rings. The fourth-order valence-electron chi connectivity index (χ4n) is 2.62. The minimum absolute atomic E-state index is 0.502. The fourth-order valence-corrected chi connectivity index (χ4v) is 2.62. The van der Waals surface area contributed by atoms with Crippen LogP contribution >= 0.6 is 0 Å². The normalized spacial score (nSPS) is 11.0. The first-order valence-electron chi connectivity index (χ1n) is 7.27. The van der Waals surface area contributed by atoms with Crippen molar-refractivity contribution in [1.82, 2.24) is 4.98 Å². The molecule has 0 aliphatic carbocycles. The summed E-state index contributed by atoms with van der Waals surface area (Å²) >= 11 is 0. The minimum Gasteiger partial charge on any atom is -0.479 e. The number of aliphatic carboxylic acids is 1. The highest BCUT2D eigenvalue weighted by atomic mass is 16.4. The maximum absolute atomic E-state index is 12.3. The maximum atomic E-state index is 12.3. The number of pyridine rings is 1. The van der Waals surface area contributed by atoms with Crippen LogP contribution in [0.4, 0.5) is 5.82 Å². The van der Waals surface area contributed by atoms with Crippen molar-refractivity contribution >= 4 is 11.8 Å². The Hall–Kier alpha value is -3.14. The van der Waals surface area contributed by atoms with Crippen molar-refractivity contribution < 1.29 is 9.90 Å². The lowest BCUT2D eigenvalue weighted by Gasteiger charge is -2.32. The Kier molecular flexibility index (Phi) is 4.06.